The van der Waals surface area contributed by atoms with Crippen LogP contribution in [-0.2, 0) is 16.4 Å². The van der Waals surface area contributed by atoms with E-state index >= 15 is 0 Å². The van der Waals surface area contributed by atoms with Crippen molar-refractivity contribution < 1.29 is 13.2 Å². The molecule has 0 radical (unpaired) electrons. The van der Waals surface area contributed by atoms with Crippen LogP contribution < -0.4 is 4.74 Å². The Hall–Kier alpha value is -1.07. The minimum atomic E-state index is -3.41. The van der Waals surface area contributed by atoms with Gasteiger partial charge in [-0.2, -0.15) is 4.31 Å². The van der Waals surface area contributed by atoms with Crippen molar-refractivity contribution in [3.63, 3.8) is 0 Å². The Morgan fingerprint density at radius 1 is 1.24 bits per heavy atom. The summed E-state index contributed by atoms with van der Waals surface area (Å²) in [6.07, 6.45) is 1.84. The number of methoxy groups -OCH3 is 1. The van der Waals surface area contributed by atoms with Crippen LogP contribution in [0.15, 0.2) is 23.1 Å². The Kier molecular flexibility index (Phi) is 4.94. The lowest BCUT2D eigenvalue weighted by atomic mass is 9.94. The van der Waals surface area contributed by atoms with Gasteiger partial charge in [0, 0.05) is 13.1 Å². The molecule has 1 fully saturated rings. The van der Waals surface area contributed by atoms with Crippen molar-refractivity contribution in [3.8, 4) is 5.75 Å². The number of nitrogens with zero attached hydrogens (tertiary/aromatic N) is 1. The van der Waals surface area contributed by atoms with Crippen molar-refractivity contribution in [2.75, 3.05) is 20.2 Å². The molecule has 0 saturated carbocycles. The number of sulfonamides is 1. The van der Waals surface area contributed by atoms with Crippen molar-refractivity contribution in [3.05, 3.63) is 23.8 Å². The molecule has 1 aromatic rings. The summed E-state index contributed by atoms with van der Waals surface area (Å²) in [5.74, 6) is 1.57. The molecule has 0 aliphatic carbocycles. The van der Waals surface area contributed by atoms with Gasteiger partial charge in [-0.1, -0.05) is 20.8 Å². The molecular formula is C16H25NO3S. The minimum Gasteiger partial charge on any atom is -0.496 e. The van der Waals surface area contributed by atoms with Gasteiger partial charge in [-0.05, 0) is 48.4 Å². The molecule has 0 aromatic heterocycles. The van der Waals surface area contributed by atoms with Gasteiger partial charge in [0.25, 0.3) is 0 Å². The first-order valence-corrected chi connectivity index (χ1v) is 8.99. The molecule has 1 aliphatic heterocycles. The van der Waals surface area contributed by atoms with Gasteiger partial charge in [-0.3, -0.25) is 0 Å². The first-order valence-electron chi connectivity index (χ1n) is 7.55. The SMILES string of the molecule is CCc1cc(S(=O)(=O)N2C[C@H](C)C[C@H](C)C2)ccc1OC. The van der Waals surface area contributed by atoms with Crippen LogP contribution in [-0.4, -0.2) is 32.9 Å². The second-order valence-corrected chi connectivity index (χ2v) is 8.03. The summed E-state index contributed by atoms with van der Waals surface area (Å²) in [5, 5.41) is 0. The Balaban J connectivity index is 2.35. The highest BCUT2D eigenvalue weighted by molar-refractivity contribution is 7.89. The summed E-state index contributed by atoms with van der Waals surface area (Å²) in [7, 11) is -1.80. The van der Waals surface area contributed by atoms with Gasteiger partial charge in [0.1, 0.15) is 5.75 Å². The predicted molar refractivity (Wildman–Crippen MR) is 84.1 cm³/mol. The van der Waals surface area contributed by atoms with E-state index in [-0.39, 0.29) is 0 Å². The van der Waals surface area contributed by atoms with Gasteiger partial charge in [0.05, 0.1) is 12.0 Å². The molecule has 1 saturated heterocycles. The zero-order chi connectivity index (χ0) is 15.6. The Morgan fingerprint density at radius 3 is 2.38 bits per heavy atom. The third-order valence-corrected chi connectivity index (χ3v) is 5.93. The molecule has 21 heavy (non-hydrogen) atoms. The number of ether oxygens (including phenoxy) is 1. The molecular weight excluding hydrogens is 286 g/mol. The molecule has 5 heteroatoms. The largest absolute Gasteiger partial charge is 0.496 e. The fourth-order valence-electron chi connectivity index (χ4n) is 3.14. The average Bonchev–Trinajstić information content (AvgIpc) is 2.45. The van der Waals surface area contributed by atoms with Gasteiger partial charge < -0.3 is 4.74 Å². The van der Waals surface area contributed by atoms with Crippen LogP contribution in [0.25, 0.3) is 0 Å². The Morgan fingerprint density at radius 2 is 1.86 bits per heavy atom. The van der Waals surface area contributed by atoms with Crippen LogP contribution >= 0.6 is 0 Å². The standard InChI is InChI=1S/C16H25NO3S/c1-5-14-9-15(6-7-16(14)20-4)21(18,19)17-10-12(2)8-13(3)11-17/h6-7,9,12-13H,5,8,10-11H2,1-4H3/t12-,13+. The number of aryl methyl sites for hydroxylation is 1. The summed E-state index contributed by atoms with van der Waals surface area (Å²) in [6, 6.07) is 5.15. The second-order valence-electron chi connectivity index (χ2n) is 6.10. The van der Waals surface area contributed by atoms with Crippen LogP contribution in [0.4, 0.5) is 0 Å². The van der Waals surface area contributed by atoms with Crippen molar-refractivity contribution in [2.45, 2.75) is 38.5 Å². The van der Waals surface area contributed by atoms with Crippen LogP contribution in [0.1, 0.15) is 32.8 Å². The molecule has 2 rings (SSSR count). The molecule has 1 heterocycles. The Bertz CT molecular complexity index is 588. The maximum atomic E-state index is 12.8. The highest BCUT2D eigenvalue weighted by Crippen LogP contribution is 2.29. The zero-order valence-electron chi connectivity index (χ0n) is 13.3. The lowest BCUT2D eigenvalue weighted by Crippen LogP contribution is -2.42. The van der Waals surface area contributed by atoms with Crippen molar-refractivity contribution in [2.24, 2.45) is 11.8 Å². The molecule has 0 spiro atoms. The van der Waals surface area contributed by atoms with Crippen LogP contribution in [0.5, 0.6) is 5.75 Å². The lowest BCUT2D eigenvalue weighted by molar-refractivity contribution is 0.222. The van der Waals surface area contributed by atoms with E-state index in [9.17, 15) is 8.42 Å². The van der Waals surface area contributed by atoms with E-state index in [4.69, 9.17) is 4.74 Å². The van der Waals surface area contributed by atoms with E-state index < -0.39 is 10.0 Å². The Labute approximate surface area is 128 Å². The maximum Gasteiger partial charge on any atom is 0.243 e. The van der Waals surface area contributed by atoms with E-state index in [1.165, 1.54) is 0 Å². The summed E-state index contributed by atoms with van der Waals surface area (Å²) in [5.41, 5.74) is 0.927. The van der Waals surface area contributed by atoms with Crippen molar-refractivity contribution in [1.82, 2.24) is 4.31 Å². The third-order valence-electron chi connectivity index (χ3n) is 4.11. The quantitative estimate of drug-likeness (QED) is 0.859. The number of hydrogen-bond donors (Lipinski definition) is 0. The molecule has 0 amide bonds. The highest BCUT2D eigenvalue weighted by Gasteiger charge is 2.31. The third kappa shape index (κ3) is 3.40. The molecule has 0 N–H and O–H groups in total. The number of benzene rings is 1. The molecule has 0 unspecified atom stereocenters. The molecule has 118 valence electrons. The predicted octanol–water partition coefficient (Wildman–Crippen LogP) is 2.92. The summed E-state index contributed by atoms with van der Waals surface area (Å²) in [6.45, 7) is 7.45. The molecule has 0 bridgehead atoms. The maximum absolute atomic E-state index is 12.8. The summed E-state index contributed by atoms with van der Waals surface area (Å²) >= 11 is 0. The van der Waals surface area contributed by atoms with E-state index in [1.54, 1.807) is 29.6 Å². The lowest BCUT2D eigenvalue weighted by Gasteiger charge is -2.34. The van der Waals surface area contributed by atoms with Gasteiger partial charge in [-0.15, -0.1) is 0 Å². The molecule has 1 aromatic carbocycles. The molecule has 4 nitrogen and oxygen atoms in total. The molecule has 2 atom stereocenters. The van der Waals surface area contributed by atoms with Gasteiger partial charge >= 0.3 is 0 Å². The van der Waals surface area contributed by atoms with Crippen molar-refractivity contribution in [1.29, 1.82) is 0 Å². The monoisotopic (exact) mass is 311 g/mol. The van der Waals surface area contributed by atoms with Crippen LogP contribution in [0.2, 0.25) is 0 Å². The fraction of sp³-hybridized carbons (Fsp3) is 0.625. The van der Waals surface area contributed by atoms with Gasteiger partial charge in [0.2, 0.25) is 10.0 Å². The topological polar surface area (TPSA) is 46.6 Å². The van der Waals surface area contributed by atoms with E-state index in [2.05, 4.69) is 13.8 Å². The number of hydrogen-bond acceptors (Lipinski definition) is 3. The minimum absolute atomic E-state index is 0.376. The van der Waals surface area contributed by atoms with E-state index in [1.807, 2.05) is 6.92 Å². The van der Waals surface area contributed by atoms with E-state index in [0.29, 0.717) is 29.8 Å². The molecule has 1 aliphatic rings. The normalized spacial score (nSPS) is 24.0. The first-order chi connectivity index (χ1) is 9.88. The zero-order valence-corrected chi connectivity index (χ0v) is 14.1. The first kappa shape index (κ1) is 16.3. The summed E-state index contributed by atoms with van der Waals surface area (Å²) in [4.78, 5) is 0.376. The second kappa shape index (κ2) is 6.36. The highest BCUT2D eigenvalue weighted by atomic mass is 32.2. The van der Waals surface area contributed by atoms with Crippen molar-refractivity contribution >= 4 is 10.0 Å². The van der Waals surface area contributed by atoms with Crippen LogP contribution in [0, 0.1) is 11.8 Å². The van der Waals surface area contributed by atoms with Gasteiger partial charge in [-0.25, -0.2) is 8.42 Å². The average molecular weight is 311 g/mol. The fourth-order valence-corrected chi connectivity index (χ4v) is 4.87. The van der Waals surface area contributed by atoms with Crippen LogP contribution in [0.3, 0.4) is 0 Å². The summed E-state index contributed by atoms with van der Waals surface area (Å²) < 4.78 is 32.6. The number of piperidine rings is 1. The smallest absolute Gasteiger partial charge is 0.243 e. The van der Waals surface area contributed by atoms with Gasteiger partial charge in [0.15, 0.2) is 0 Å². The number of rotatable bonds is 4. The van der Waals surface area contributed by atoms with E-state index in [0.717, 1.165) is 24.2 Å².